The molecule has 0 aromatic carbocycles. The number of phosphoric acid groups is 1. The number of hydrogen-bond donors (Lipinski definition) is 3. The van der Waals surface area contributed by atoms with Crippen molar-refractivity contribution in [3.05, 3.63) is 12.7 Å². The monoisotopic (exact) mass is 656 g/mol. The van der Waals surface area contributed by atoms with Crippen molar-refractivity contribution >= 4 is 18.2 Å². The van der Waals surface area contributed by atoms with Gasteiger partial charge in [-0.1, -0.05) is 135 Å². The maximum absolute atomic E-state index is 9.68. The Balaban J connectivity index is -0.000000343. The zero-order chi connectivity index (χ0) is 31.5. The maximum Gasteiger partial charge on any atom is 1.00 e. The molecule has 1 fully saturated rings. The predicted octanol–water partition coefficient (Wildman–Crippen LogP) is 4.30. The van der Waals surface area contributed by atoms with Crippen LogP contribution in [0.1, 0.15) is 142 Å². The molecule has 0 radical (unpaired) electrons. The van der Waals surface area contributed by atoms with E-state index in [0.717, 1.165) is 26.4 Å². The summed E-state index contributed by atoms with van der Waals surface area (Å²) < 4.78 is 50.0. The van der Waals surface area contributed by atoms with Crippen molar-refractivity contribution in [3.63, 3.8) is 0 Å². The molecular weight excluding hydrogens is 594 g/mol. The van der Waals surface area contributed by atoms with Gasteiger partial charge in [0.05, 0.1) is 19.8 Å². The summed E-state index contributed by atoms with van der Waals surface area (Å²) in [5.41, 5.74) is 0. The van der Waals surface area contributed by atoms with E-state index >= 15 is 0 Å². The number of epoxide rings is 1. The zero-order valence-corrected chi connectivity index (χ0v) is 30.7. The summed E-state index contributed by atoms with van der Waals surface area (Å²) in [7, 11) is -9.15. The van der Waals surface area contributed by atoms with E-state index in [9.17, 15) is 8.42 Å². The Morgan fingerprint density at radius 2 is 1.00 bits per heavy atom. The maximum atomic E-state index is 9.68. The minimum Gasteiger partial charge on any atom is -0.756 e. The molecule has 0 amide bonds. The van der Waals surface area contributed by atoms with Crippen LogP contribution in [-0.4, -0.2) is 55.8 Å². The van der Waals surface area contributed by atoms with Gasteiger partial charge in [0.15, 0.2) is 0 Å². The molecule has 13 heteroatoms. The van der Waals surface area contributed by atoms with E-state index in [0.29, 0.717) is 0 Å². The Labute approximate surface area is 280 Å². The summed E-state index contributed by atoms with van der Waals surface area (Å²) in [6.45, 7) is 11.5. The Morgan fingerprint density at radius 1 is 0.738 bits per heavy atom. The van der Waals surface area contributed by atoms with Crippen molar-refractivity contribution < 1.29 is 75.4 Å². The summed E-state index contributed by atoms with van der Waals surface area (Å²) >= 11 is 0. The third kappa shape index (κ3) is 77.9. The second-order valence-corrected chi connectivity index (χ2v) is 12.2. The molecule has 0 saturated carbocycles. The van der Waals surface area contributed by atoms with Gasteiger partial charge >= 0.3 is 40.0 Å². The normalized spacial score (nSPS) is 12.0. The molecule has 42 heavy (non-hydrogen) atoms. The molecule has 1 aliphatic rings. The van der Waals surface area contributed by atoms with Gasteiger partial charge in [-0.05, 0) is 12.8 Å². The van der Waals surface area contributed by atoms with Gasteiger partial charge in [-0.15, -0.1) is 6.58 Å². The van der Waals surface area contributed by atoms with Gasteiger partial charge in [0.1, 0.15) is 0 Å². The van der Waals surface area contributed by atoms with Crippen molar-refractivity contribution in [1.29, 1.82) is 0 Å². The van der Waals surface area contributed by atoms with Crippen LogP contribution >= 0.6 is 7.82 Å². The summed E-state index contributed by atoms with van der Waals surface area (Å²) in [5.74, 6) is 0. The Bertz CT molecular complexity index is 628. The smallest absolute Gasteiger partial charge is 0.756 e. The average molecular weight is 657 g/mol. The standard InChI is InChI=1S/C24H50O.C3H6O4S.C2H4O.Na.H3O4P/c1-3-5-7-9-11-13-15-17-19-21-23-25-24-22-20-18-16-14-12-10-8-6-4-2;1-2-3-7-8(4,5)6;1-2-3-1;;1-5(2,3)4/h3-24H2,1-2H3;2H,1,3H2,(H,4,5,6);1-2H2;;(H3,1,2,3,4)/q;;;+1;/p-1. The summed E-state index contributed by atoms with van der Waals surface area (Å²) in [4.78, 5) is 22.9. The molecule has 0 atom stereocenters. The molecule has 0 spiro atoms. The van der Waals surface area contributed by atoms with Crippen LogP contribution in [0.4, 0.5) is 0 Å². The number of hydrogen-bond acceptors (Lipinski definition) is 7. The van der Waals surface area contributed by atoms with Gasteiger partial charge in [0.2, 0.25) is 0 Å². The van der Waals surface area contributed by atoms with Crippen molar-refractivity contribution in [3.8, 4) is 0 Å². The third-order valence-electron chi connectivity index (χ3n) is 5.82. The second-order valence-electron chi connectivity index (χ2n) is 10.1. The first kappa shape index (κ1) is 49.5. The molecule has 0 aromatic heterocycles. The molecule has 1 rings (SSSR count). The summed E-state index contributed by atoms with van der Waals surface area (Å²) in [6, 6.07) is 0. The van der Waals surface area contributed by atoms with E-state index in [2.05, 4.69) is 29.3 Å². The van der Waals surface area contributed by atoms with Crippen molar-refractivity contribution in [2.75, 3.05) is 33.0 Å². The number of ether oxygens (including phenoxy) is 2. The number of unbranched alkanes of at least 4 members (excludes halogenated alkanes) is 18. The van der Waals surface area contributed by atoms with E-state index < -0.39 is 18.2 Å². The van der Waals surface area contributed by atoms with Crippen LogP contribution in [0.3, 0.4) is 0 Å². The van der Waals surface area contributed by atoms with Gasteiger partial charge in [0.25, 0.3) is 7.82 Å². The fourth-order valence-corrected chi connectivity index (χ4v) is 3.89. The summed E-state index contributed by atoms with van der Waals surface area (Å²) in [6.07, 6.45) is 29.4. The molecular formula is C29H62NaO10PS. The van der Waals surface area contributed by atoms with Crippen LogP contribution in [-0.2, 0) is 28.6 Å². The van der Waals surface area contributed by atoms with E-state index in [4.69, 9.17) is 28.5 Å². The minimum atomic E-state index is -4.89. The first-order valence-corrected chi connectivity index (χ1v) is 18.5. The average Bonchev–Trinajstić information content (AvgIpc) is 3.77. The molecule has 0 bridgehead atoms. The Morgan fingerprint density at radius 3 is 1.19 bits per heavy atom. The minimum absolute atomic E-state index is 0. The molecule has 250 valence electrons. The van der Waals surface area contributed by atoms with Gasteiger partial charge < -0.3 is 24.2 Å². The van der Waals surface area contributed by atoms with Gasteiger partial charge in [-0.2, -0.15) is 8.42 Å². The van der Waals surface area contributed by atoms with Crippen LogP contribution in [0.15, 0.2) is 12.7 Å². The molecule has 0 unspecified atom stereocenters. The first-order chi connectivity index (χ1) is 19.5. The van der Waals surface area contributed by atoms with Crippen LogP contribution in [0.2, 0.25) is 0 Å². The predicted molar refractivity (Wildman–Crippen MR) is 165 cm³/mol. The van der Waals surface area contributed by atoms with Gasteiger partial charge in [-0.3, -0.25) is 9.12 Å². The van der Waals surface area contributed by atoms with Crippen molar-refractivity contribution in [2.24, 2.45) is 0 Å². The second kappa shape index (κ2) is 39.7. The molecule has 3 N–H and O–H groups in total. The fraction of sp³-hybridized carbons (Fsp3) is 0.931. The molecule has 1 aliphatic heterocycles. The first-order valence-electron chi connectivity index (χ1n) is 15.6. The van der Waals surface area contributed by atoms with E-state index in [1.807, 2.05) is 0 Å². The van der Waals surface area contributed by atoms with Crippen molar-refractivity contribution in [1.82, 2.24) is 0 Å². The van der Waals surface area contributed by atoms with Crippen LogP contribution in [0, 0.1) is 0 Å². The van der Waals surface area contributed by atoms with E-state index in [-0.39, 0.29) is 36.2 Å². The van der Waals surface area contributed by atoms with E-state index in [1.165, 1.54) is 134 Å². The van der Waals surface area contributed by atoms with E-state index in [1.54, 1.807) is 0 Å². The molecule has 1 saturated heterocycles. The third-order valence-corrected chi connectivity index (χ3v) is 6.26. The van der Waals surface area contributed by atoms with Crippen molar-refractivity contribution in [2.45, 2.75) is 142 Å². The van der Waals surface area contributed by atoms with Gasteiger partial charge in [0, 0.05) is 13.2 Å². The fourth-order valence-electron chi connectivity index (χ4n) is 3.62. The topological polar surface area (TPSA) is 166 Å². The molecule has 10 nitrogen and oxygen atoms in total. The molecule has 1 heterocycles. The van der Waals surface area contributed by atoms with Crippen LogP contribution < -0.4 is 34.5 Å². The Kier molecular flexibility index (Phi) is 46.8. The van der Waals surface area contributed by atoms with Crippen LogP contribution in [0.5, 0.6) is 0 Å². The quantitative estimate of drug-likeness (QED) is 0.0322. The Hall–Kier alpha value is 0.640. The van der Waals surface area contributed by atoms with Gasteiger partial charge in [-0.25, -0.2) is 4.18 Å². The van der Waals surface area contributed by atoms with Crippen LogP contribution in [0.25, 0.3) is 0 Å². The largest absolute Gasteiger partial charge is 1.00 e. The summed E-state index contributed by atoms with van der Waals surface area (Å²) in [5, 5.41) is 0. The SMILES string of the molecule is C1CO1.C=CCOS(=O)(=O)O.CCCCCCCCCCCCOCCCCCCCCCCCC.O=P([O-])(O)O.[Na+]. The molecule has 0 aromatic rings. The zero-order valence-electron chi connectivity index (χ0n) is 27.0. The molecule has 0 aliphatic carbocycles. The number of rotatable bonds is 25.